The zero-order valence-corrected chi connectivity index (χ0v) is 17.8. The first kappa shape index (κ1) is 20.5. The molecule has 158 valence electrons. The maximum atomic E-state index is 13.6. The lowest BCUT2D eigenvalue weighted by atomic mass is 10.2. The molecule has 0 atom stereocenters. The van der Waals surface area contributed by atoms with Crippen molar-refractivity contribution in [3.8, 4) is 16.3 Å². The second kappa shape index (κ2) is 7.79. The molecule has 0 radical (unpaired) electrons. The number of hydrogen-bond acceptors (Lipinski definition) is 5. The summed E-state index contributed by atoms with van der Waals surface area (Å²) < 4.78 is 34.2. The Morgan fingerprint density at radius 3 is 2.80 bits per heavy atom. The third-order valence-electron chi connectivity index (χ3n) is 5.09. The predicted octanol–water partition coefficient (Wildman–Crippen LogP) is 4.43. The summed E-state index contributed by atoms with van der Waals surface area (Å²) in [5, 5.41) is 4.37. The Hall–Kier alpha value is -2.81. The highest BCUT2D eigenvalue weighted by atomic mass is 32.1. The van der Waals surface area contributed by atoms with Crippen molar-refractivity contribution in [1.82, 2.24) is 19.7 Å². The number of hydrogen-bond donors (Lipinski definition) is 0. The summed E-state index contributed by atoms with van der Waals surface area (Å²) in [6, 6.07) is 5.76. The Kier molecular flexibility index (Phi) is 5.31. The summed E-state index contributed by atoms with van der Waals surface area (Å²) in [5.41, 5.74) is 3.04. The molecule has 1 amide bonds. The number of aryl methyl sites for hydroxylation is 2. The number of halogens is 2. The van der Waals surface area contributed by atoms with Crippen molar-refractivity contribution < 1.29 is 18.3 Å². The van der Waals surface area contributed by atoms with Gasteiger partial charge in [0, 0.05) is 47.7 Å². The fourth-order valence-corrected chi connectivity index (χ4v) is 4.51. The van der Waals surface area contributed by atoms with Crippen LogP contribution in [0.5, 0.6) is 5.88 Å². The predicted molar refractivity (Wildman–Crippen MR) is 110 cm³/mol. The van der Waals surface area contributed by atoms with Gasteiger partial charge in [0.1, 0.15) is 5.56 Å². The van der Waals surface area contributed by atoms with Crippen molar-refractivity contribution >= 4 is 17.2 Å². The molecule has 0 N–H and O–H groups in total. The van der Waals surface area contributed by atoms with Crippen LogP contribution < -0.4 is 4.74 Å². The zero-order chi connectivity index (χ0) is 21.5. The van der Waals surface area contributed by atoms with Gasteiger partial charge in [0.05, 0.1) is 12.2 Å². The van der Waals surface area contributed by atoms with E-state index < -0.39 is 12.5 Å². The van der Waals surface area contributed by atoms with E-state index in [9.17, 15) is 13.6 Å². The zero-order valence-electron chi connectivity index (χ0n) is 17.0. The summed E-state index contributed by atoms with van der Waals surface area (Å²) in [5.74, 6) is -3.23. The minimum atomic E-state index is -2.95. The third kappa shape index (κ3) is 3.94. The summed E-state index contributed by atoms with van der Waals surface area (Å²) in [6.45, 7) is 3.39. The van der Waals surface area contributed by atoms with E-state index in [0.29, 0.717) is 13.1 Å². The number of ether oxygens (including phenoxy) is 1. The molecule has 4 rings (SSSR count). The van der Waals surface area contributed by atoms with Crippen molar-refractivity contribution in [2.75, 3.05) is 6.61 Å². The van der Waals surface area contributed by atoms with Crippen molar-refractivity contribution in [2.45, 2.75) is 39.3 Å². The van der Waals surface area contributed by atoms with E-state index in [1.807, 2.05) is 32.3 Å². The van der Waals surface area contributed by atoms with Gasteiger partial charge in [-0.2, -0.15) is 5.10 Å². The van der Waals surface area contributed by atoms with Crippen LogP contribution >= 0.6 is 11.3 Å². The smallest absolute Gasteiger partial charge is 0.281 e. The van der Waals surface area contributed by atoms with Crippen LogP contribution in [0.4, 0.5) is 8.78 Å². The molecule has 1 aliphatic heterocycles. The van der Waals surface area contributed by atoms with Gasteiger partial charge in [-0.25, -0.2) is 13.8 Å². The van der Waals surface area contributed by atoms with Crippen LogP contribution in [0.3, 0.4) is 0 Å². The van der Waals surface area contributed by atoms with Gasteiger partial charge in [0.15, 0.2) is 6.61 Å². The molecule has 0 aromatic carbocycles. The normalized spacial score (nSPS) is 13.8. The number of amides is 1. The Morgan fingerprint density at radius 2 is 2.10 bits per heavy atom. The van der Waals surface area contributed by atoms with Gasteiger partial charge in [-0.05, 0) is 30.7 Å². The monoisotopic (exact) mass is 432 g/mol. The summed E-state index contributed by atoms with van der Waals surface area (Å²) in [6.07, 6.45) is 3.13. The van der Waals surface area contributed by atoms with Crippen LogP contribution in [0.2, 0.25) is 0 Å². The van der Waals surface area contributed by atoms with Crippen LogP contribution in [0.1, 0.15) is 39.8 Å². The summed E-state index contributed by atoms with van der Waals surface area (Å²) in [7, 11) is 1.88. The largest absolute Gasteiger partial charge is 0.471 e. The maximum Gasteiger partial charge on any atom is 0.281 e. The summed E-state index contributed by atoms with van der Waals surface area (Å²) >= 11 is 1.61. The molecule has 9 heteroatoms. The van der Waals surface area contributed by atoms with E-state index >= 15 is 0 Å². The highest BCUT2D eigenvalue weighted by molar-refractivity contribution is 7.15. The quantitative estimate of drug-likeness (QED) is 0.554. The third-order valence-corrected chi connectivity index (χ3v) is 6.19. The van der Waals surface area contributed by atoms with E-state index in [-0.39, 0.29) is 23.8 Å². The SMILES string of the molecule is CCC(F)(F)COc1nccc2c1C(=O)N(Cc1ccc(-c3cn(C)nc3C)s1)C2. The number of carbonyl (C=O) groups is 1. The number of pyridine rings is 1. The average molecular weight is 432 g/mol. The standard InChI is InChI=1S/C21H22F2N4O2S/c1-4-21(22,23)12-29-19-18-14(7-8-24-19)9-27(20(18)28)10-15-5-6-17(30-15)16-11-26(3)25-13(16)2/h5-8,11H,4,9-10,12H2,1-3H3. The fourth-order valence-electron chi connectivity index (χ4n) is 3.43. The number of rotatable bonds is 7. The molecule has 1 aliphatic rings. The van der Waals surface area contributed by atoms with E-state index in [4.69, 9.17) is 4.74 Å². The first-order valence-corrected chi connectivity index (χ1v) is 10.5. The van der Waals surface area contributed by atoms with Crippen molar-refractivity contribution in [2.24, 2.45) is 7.05 Å². The molecule has 0 bridgehead atoms. The Morgan fingerprint density at radius 1 is 1.30 bits per heavy atom. The minimum absolute atomic E-state index is 0.0222. The molecule has 0 saturated carbocycles. The van der Waals surface area contributed by atoms with Gasteiger partial charge in [-0.1, -0.05) is 6.92 Å². The lowest BCUT2D eigenvalue weighted by Gasteiger charge is -2.16. The molecule has 0 spiro atoms. The van der Waals surface area contributed by atoms with Crippen LogP contribution in [0.15, 0.2) is 30.6 Å². The maximum absolute atomic E-state index is 13.6. The molecule has 3 aromatic heterocycles. The van der Waals surface area contributed by atoms with Crippen molar-refractivity contribution in [3.63, 3.8) is 0 Å². The number of carbonyl (C=O) groups excluding carboxylic acids is 1. The number of thiophene rings is 1. The molecule has 0 aliphatic carbocycles. The average Bonchev–Trinajstić information content (AvgIpc) is 3.39. The fraction of sp³-hybridized carbons (Fsp3) is 0.381. The van der Waals surface area contributed by atoms with Gasteiger partial charge >= 0.3 is 0 Å². The first-order valence-electron chi connectivity index (χ1n) is 9.64. The van der Waals surface area contributed by atoms with E-state index in [1.54, 1.807) is 27.0 Å². The van der Waals surface area contributed by atoms with Gasteiger partial charge in [-0.3, -0.25) is 9.48 Å². The van der Waals surface area contributed by atoms with Crippen LogP contribution in [0, 0.1) is 6.92 Å². The topological polar surface area (TPSA) is 60.2 Å². The number of fused-ring (bicyclic) bond motifs is 1. The van der Waals surface area contributed by atoms with E-state index in [1.165, 1.54) is 13.1 Å². The lowest BCUT2D eigenvalue weighted by molar-refractivity contribution is -0.0449. The Labute approximate surface area is 177 Å². The molecule has 0 saturated heterocycles. The molecule has 0 fully saturated rings. The summed E-state index contributed by atoms with van der Waals surface area (Å²) in [4.78, 5) is 20.8. The molecule has 6 nitrogen and oxygen atoms in total. The molecular weight excluding hydrogens is 410 g/mol. The van der Waals surface area contributed by atoms with Gasteiger partial charge in [0.25, 0.3) is 11.8 Å². The van der Waals surface area contributed by atoms with E-state index in [0.717, 1.165) is 26.6 Å². The molecule has 4 heterocycles. The number of alkyl halides is 2. The molecule has 3 aromatic rings. The van der Waals surface area contributed by atoms with Crippen LogP contribution in [-0.4, -0.2) is 38.1 Å². The highest BCUT2D eigenvalue weighted by Crippen LogP contribution is 2.34. The lowest BCUT2D eigenvalue weighted by Crippen LogP contribution is -2.26. The Balaban J connectivity index is 1.50. The van der Waals surface area contributed by atoms with Gasteiger partial charge < -0.3 is 9.64 Å². The molecule has 30 heavy (non-hydrogen) atoms. The minimum Gasteiger partial charge on any atom is -0.471 e. The highest BCUT2D eigenvalue weighted by Gasteiger charge is 2.34. The van der Waals surface area contributed by atoms with Crippen molar-refractivity contribution in [3.05, 3.63) is 52.3 Å². The second-order valence-corrected chi connectivity index (χ2v) is 8.55. The molecule has 0 unspecified atom stereocenters. The molecular formula is C21H22F2N4O2S. The van der Waals surface area contributed by atoms with Crippen LogP contribution in [0.25, 0.3) is 10.4 Å². The Bertz CT molecular complexity index is 1090. The number of nitrogens with zero attached hydrogens (tertiary/aromatic N) is 4. The van der Waals surface area contributed by atoms with Crippen molar-refractivity contribution in [1.29, 1.82) is 0 Å². The van der Waals surface area contributed by atoms with E-state index in [2.05, 4.69) is 10.1 Å². The number of aromatic nitrogens is 3. The van der Waals surface area contributed by atoms with Crippen LogP contribution in [-0.2, 0) is 20.1 Å². The first-order chi connectivity index (χ1) is 14.3. The second-order valence-electron chi connectivity index (χ2n) is 7.38. The van der Waals surface area contributed by atoms with Gasteiger partial charge in [0.2, 0.25) is 5.88 Å². The van der Waals surface area contributed by atoms with Gasteiger partial charge in [-0.15, -0.1) is 11.3 Å².